The summed E-state index contributed by atoms with van der Waals surface area (Å²) in [6.45, 7) is 6.80. The van der Waals surface area contributed by atoms with Crippen molar-refractivity contribution in [1.82, 2.24) is 0 Å². The van der Waals surface area contributed by atoms with Crippen LogP contribution >= 0.6 is 0 Å². The molecule has 0 saturated heterocycles. The molecule has 0 heterocycles. The van der Waals surface area contributed by atoms with Gasteiger partial charge in [-0.1, -0.05) is 117 Å². The summed E-state index contributed by atoms with van der Waals surface area (Å²) in [6, 6.07) is 0. The lowest BCUT2D eigenvalue weighted by Crippen LogP contribution is -2.28. The van der Waals surface area contributed by atoms with E-state index in [2.05, 4.69) is 20.8 Å². The second-order valence-electron chi connectivity index (χ2n) is 7.72. The third-order valence-corrected chi connectivity index (χ3v) is 5.24. The Bertz CT molecular complexity index is 188. The summed E-state index contributed by atoms with van der Waals surface area (Å²) < 4.78 is 0. The normalized spacial score (nSPS) is 12.0. The lowest BCUT2D eigenvalue weighted by Gasteiger charge is -2.29. The average molecular weight is 327 g/mol. The van der Waals surface area contributed by atoms with Crippen molar-refractivity contribution in [2.75, 3.05) is 0 Å². The van der Waals surface area contributed by atoms with Crippen LogP contribution in [0.25, 0.3) is 0 Å². The highest BCUT2D eigenvalue weighted by atomic mass is 16.3. The van der Waals surface area contributed by atoms with E-state index < -0.39 is 0 Å². The van der Waals surface area contributed by atoms with Gasteiger partial charge in [-0.2, -0.15) is 0 Å². The number of rotatable bonds is 18. The molecule has 23 heavy (non-hydrogen) atoms. The maximum absolute atomic E-state index is 11.1. The van der Waals surface area contributed by atoms with Crippen molar-refractivity contribution in [3.63, 3.8) is 0 Å². The SMILES string of the molecule is CCCCCCCC(O)(CCCCCCC)CCCCCCC. The first-order valence-electron chi connectivity index (χ1n) is 10.9. The van der Waals surface area contributed by atoms with Crippen molar-refractivity contribution in [1.29, 1.82) is 0 Å². The molecule has 0 rings (SSSR count). The van der Waals surface area contributed by atoms with E-state index in [1.165, 1.54) is 96.3 Å². The number of unbranched alkanes of at least 4 members (excludes halogenated alkanes) is 12. The number of hydrogen-bond donors (Lipinski definition) is 1. The molecular formula is C22H46O. The predicted octanol–water partition coefficient (Wildman–Crippen LogP) is 7.80. The van der Waals surface area contributed by atoms with Crippen molar-refractivity contribution in [3.8, 4) is 0 Å². The topological polar surface area (TPSA) is 20.2 Å². The molecule has 140 valence electrons. The Morgan fingerprint density at radius 3 is 0.957 bits per heavy atom. The molecule has 0 aliphatic rings. The van der Waals surface area contributed by atoms with Gasteiger partial charge in [0.25, 0.3) is 0 Å². The lowest BCUT2D eigenvalue weighted by atomic mass is 9.85. The van der Waals surface area contributed by atoms with Crippen LogP contribution in [-0.4, -0.2) is 10.7 Å². The zero-order chi connectivity index (χ0) is 17.2. The van der Waals surface area contributed by atoms with E-state index in [0.717, 1.165) is 19.3 Å². The summed E-state index contributed by atoms with van der Waals surface area (Å²) in [5.41, 5.74) is -0.357. The highest BCUT2D eigenvalue weighted by Gasteiger charge is 2.25. The summed E-state index contributed by atoms with van der Waals surface area (Å²) in [6.07, 6.45) is 22.7. The third-order valence-electron chi connectivity index (χ3n) is 5.24. The van der Waals surface area contributed by atoms with E-state index in [9.17, 15) is 5.11 Å². The molecule has 0 unspecified atom stereocenters. The summed E-state index contributed by atoms with van der Waals surface area (Å²) in [5.74, 6) is 0. The fourth-order valence-electron chi connectivity index (χ4n) is 3.55. The number of hydrogen-bond acceptors (Lipinski definition) is 1. The summed E-state index contributed by atoms with van der Waals surface area (Å²) in [4.78, 5) is 0. The molecule has 0 fully saturated rings. The van der Waals surface area contributed by atoms with Gasteiger partial charge in [-0.15, -0.1) is 0 Å². The second-order valence-corrected chi connectivity index (χ2v) is 7.72. The van der Waals surface area contributed by atoms with Crippen LogP contribution in [0.15, 0.2) is 0 Å². The van der Waals surface area contributed by atoms with Crippen molar-refractivity contribution < 1.29 is 5.11 Å². The minimum Gasteiger partial charge on any atom is -0.390 e. The van der Waals surface area contributed by atoms with Crippen LogP contribution in [0.1, 0.15) is 136 Å². The van der Waals surface area contributed by atoms with Gasteiger partial charge in [0.1, 0.15) is 0 Å². The fraction of sp³-hybridized carbons (Fsp3) is 1.00. The van der Waals surface area contributed by atoms with Crippen LogP contribution in [0.5, 0.6) is 0 Å². The average Bonchev–Trinajstić information content (AvgIpc) is 2.54. The maximum atomic E-state index is 11.1. The lowest BCUT2D eigenvalue weighted by molar-refractivity contribution is 0.00706. The minimum atomic E-state index is -0.357. The van der Waals surface area contributed by atoms with Gasteiger partial charge in [0.2, 0.25) is 0 Å². The Morgan fingerprint density at radius 2 is 0.696 bits per heavy atom. The van der Waals surface area contributed by atoms with Crippen molar-refractivity contribution >= 4 is 0 Å². The summed E-state index contributed by atoms with van der Waals surface area (Å²) >= 11 is 0. The van der Waals surface area contributed by atoms with E-state index in [-0.39, 0.29) is 5.60 Å². The molecule has 1 heteroatoms. The molecule has 0 aliphatic heterocycles. The van der Waals surface area contributed by atoms with Crippen LogP contribution in [-0.2, 0) is 0 Å². The van der Waals surface area contributed by atoms with Crippen molar-refractivity contribution in [3.05, 3.63) is 0 Å². The van der Waals surface area contributed by atoms with Gasteiger partial charge in [0, 0.05) is 0 Å². The Kier molecular flexibility index (Phi) is 16.8. The molecular weight excluding hydrogens is 280 g/mol. The maximum Gasteiger partial charge on any atom is 0.0647 e. The quantitative estimate of drug-likeness (QED) is 0.255. The molecule has 0 aromatic rings. The molecule has 0 atom stereocenters. The molecule has 0 aromatic heterocycles. The minimum absolute atomic E-state index is 0.357. The smallest absolute Gasteiger partial charge is 0.0647 e. The fourth-order valence-corrected chi connectivity index (χ4v) is 3.55. The van der Waals surface area contributed by atoms with Crippen molar-refractivity contribution in [2.45, 2.75) is 142 Å². The van der Waals surface area contributed by atoms with Crippen LogP contribution in [0, 0.1) is 0 Å². The molecule has 0 bridgehead atoms. The van der Waals surface area contributed by atoms with Crippen LogP contribution in [0.4, 0.5) is 0 Å². The zero-order valence-corrected chi connectivity index (χ0v) is 16.7. The van der Waals surface area contributed by atoms with Crippen LogP contribution < -0.4 is 0 Å². The first-order valence-corrected chi connectivity index (χ1v) is 10.9. The number of aliphatic hydroxyl groups is 1. The molecule has 0 spiro atoms. The Hall–Kier alpha value is -0.0400. The third kappa shape index (κ3) is 15.2. The standard InChI is InChI=1S/C22H46O/c1-4-7-10-13-16-19-22(23,20-17-14-11-8-5-2)21-18-15-12-9-6-3/h23H,4-21H2,1-3H3. The van der Waals surface area contributed by atoms with Crippen LogP contribution in [0.2, 0.25) is 0 Å². The highest BCUT2D eigenvalue weighted by Crippen LogP contribution is 2.29. The molecule has 0 saturated carbocycles. The zero-order valence-electron chi connectivity index (χ0n) is 16.7. The van der Waals surface area contributed by atoms with E-state index in [1.54, 1.807) is 0 Å². The van der Waals surface area contributed by atoms with E-state index in [4.69, 9.17) is 0 Å². The Labute approximate surface area is 147 Å². The molecule has 1 N–H and O–H groups in total. The molecule has 0 amide bonds. The van der Waals surface area contributed by atoms with E-state index >= 15 is 0 Å². The summed E-state index contributed by atoms with van der Waals surface area (Å²) in [7, 11) is 0. The monoisotopic (exact) mass is 326 g/mol. The van der Waals surface area contributed by atoms with Gasteiger partial charge in [-0.05, 0) is 19.3 Å². The Balaban J connectivity index is 4.00. The van der Waals surface area contributed by atoms with Gasteiger partial charge >= 0.3 is 0 Å². The van der Waals surface area contributed by atoms with Crippen LogP contribution in [0.3, 0.4) is 0 Å². The van der Waals surface area contributed by atoms with Gasteiger partial charge in [0.15, 0.2) is 0 Å². The Morgan fingerprint density at radius 1 is 0.435 bits per heavy atom. The molecule has 0 aromatic carbocycles. The van der Waals surface area contributed by atoms with E-state index in [1.807, 2.05) is 0 Å². The molecule has 1 nitrogen and oxygen atoms in total. The summed E-state index contributed by atoms with van der Waals surface area (Å²) in [5, 5.41) is 11.1. The first-order chi connectivity index (χ1) is 11.2. The first kappa shape index (κ1) is 23.0. The largest absolute Gasteiger partial charge is 0.390 e. The second kappa shape index (κ2) is 16.8. The van der Waals surface area contributed by atoms with Gasteiger partial charge in [-0.25, -0.2) is 0 Å². The predicted molar refractivity (Wildman–Crippen MR) is 105 cm³/mol. The van der Waals surface area contributed by atoms with Gasteiger partial charge < -0.3 is 5.11 Å². The van der Waals surface area contributed by atoms with Gasteiger partial charge in [-0.3, -0.25) is 0 Å². The molecule has 0 aliphatic carbocycles. The molecule has 0 radical (unpaired) electrons. The van der Waals surface area contributed by atoms with Gasteiger partial charge in [0.05, 0.1) is 5.60 Å². The highest BCUT2D eigenvalue weighted by molar-refractivity contribution is 4.78. The van der Waals surface area contributed by atoms with E-state index in [0.29, 0.717) is 0 Å². The van der Waals surface area contributed by atoms with Crippen molar-refractivity contribution in [2.24, 2.45) is 0 Å².